The van der Waals surface area contributed by atoms with Crippen LogP contribution >= 0.6 is 0 Å². The van der Waals surface area contributed by atoms with Crippen molar-refractivity contribution in [3.63, 3.8) is 0 Å². The van der Waals surface area contributed by atoms with Gasteiger partial charge in [-0.05, 0) is 44.0 Å². The lowest BCUT2D eigenvalue weighted by Crippen LogP contribution is -2.48. The summed E-state index contributed by atoms with van der Waals surface area (Å²) in [6, 6.07) is 6.07. The van der Waals surface area contributed by atoms with E-state index in [1.807, 2.05) is 27.7 Å². The summed E-state index contributed by atoms with van der Waals surface area (Å²) in [4.78, 5) is 54.9. The molecule has 0 bridgehead atoms. The van der Waals surface area contributed by atoms with E-state index in [-0.39, 0.29) is 25.1 Å². The average Bonchev–Trinajstić information content (AvgIpc) is 2.72. The van der Waals surface area contributed by atoms with Crippen molar-refractivity contribution in [2.24, 2.45) is 5.92 Å². The van der Waals surface area contributed by atoms with Gasteiger partial charge in [-0.2, -0.15) is 0 Å². The Labute approximate surface area is 174 Å². The lowest BCUT2D eigenvalue weighted by atomic mass is 9.85. The topological polar surface area (TPSA) is 84.0 Å². The standard InChI is InChI=1S/C23H24N2O5/c1-5-30-11-10-24-20(26)14-6-8-16-19-17(9-7-15(18(14)19)21(24)27)23(29)25(22(16)28)13(4)12(2)3/h6-9,12-13H,5,10-11H2,1-4H3. The normalized spacial score (nSPS) is 16.8. The SMILES string of the molecule is CCOCCN1C(=O)c2ccc3c4c(ccc(c24)C1=O)C(=O)N(C(C)C(C)C)C3=O. The summed E-state index contributed by atoms with van der Waals surface area (Å²) in [5.41, 5.74) is 1.35. The Morgan fingerprint density at radius 1 is 0.767 bits per heavy atom. The van der Waals surface area contributed by atoms with Crippen LogP contribution in [0.15, 0.2) is 24.3 Å². The first-order chi connectivity index (χ1) is 14.3. The number of carbonyl (C=O) groups is 4. The van der Waals surface area contributed by atoms with E-state index >= 15 is 0 Å². The fourth-order valence-corrected chi connectivity index (χ4v) is 4.11. The van der Waals surface area contributed by atoms with Crippen molar-refractivity contribution >= 4 is 34.4 Å². The van der Waals surface area contributed by atoms with Crippen LogP contribution in [0.2, 0.25) is 0 Å². The van der Waals surface area contributed by atoms with Crippen molar-refractivity contribution in [2.75, 3.05) is 19.8 Å². The molecule has 2 aromatic carbocycles. The molecule has 0 saturated carbocycles. The molecule has 7 nitrogen and oxygen atoms in total. The second-order valence-electron chi connectivity index (χ2n) is 8.00. The summed E-state index contributed by atoms with van der Waals surface area (Å²) < 4.78 is 5.30. The van der Waals surface area contributed by atoms with E-state index in [1.165, 1.54) is 4.90 Å². The number of nitrogens with zero attached hydrogens (tertiary/aromatic N) is 2. The molecule has 4 amide bonds. The van der Waals surface area contributed by atoms with E-state index in [9.17, 15) is 19.2 Å². The average molecular weight is 408 g/mol. The van der Waals surface area contributed by atoms with E-state index in [0.29, 0.717) is 39.6 Å². The smallest absolute Gasteiger partial charge is 0.261 e. The minimum atomic E-state index is -0.436. The Hall–Kier alpha value is -3.06. The van der Waals surface area contributed by atoms with E-state index in [1.54, 1.807) is 24.3 Å². The van der Waals surface area contributed by atoms with Crippen LogP contribution in [0.25, 0.3) is 10.8 Å². The van der Waals surface area contributed by atoms with Gasteiger partial charge in [-0.25, -0.2) is 0 Å². The molecule has 2 heterocycles. The highest BCUT2D eigenvalue weighted by atomic mass is 16.5. The molecule has 0 N–H and O–H groups in total. The molecule has 156 valence electrons. The monoisotopic (exact) mass is 408 g/mol. The number of amides is 4. The third kappa shape index (κ3) is 2.76. The number of rotatable bonds is 6. The molecule has 0 radical (unpaired) electrons. The minimum absolute atomic E-state index is 0.0921. The summed E-state index contributed by atoms with van der Waals surface area (Å²) in [6.07, 6.45) is 0. The molecule has 0 saturated heterocycles. The summed E-state index contributed by atoms with van der Waals surface area (Å²) in [6.45, 7) is 8.48. The van der Waals surface area contributed by atoms with Gasteiger partial charge >= 0.3 is 0 Å². The zero-order valence-electron chi connectivity index (χ0n) is 17.5. The second kappa shape index (κ2) is 7.32. The van der Waals surface area contributed by atoms with Crippen LogP contribution in [-0.2, 0) is 4.74 Å². The van der Waals surface area contributed by atoms with Gasteiger partial charge in [0.1, 0.15) is 0 Å². The van der Waals surface area contributed by atoms with Crippen LogP contribution in [0.3, 0.4) is 0 Å². The number of ether oxygens (including phenoxy) is 1. The highest BCUT2D eigenvalue weighted by Gasteiger charge is 2.41. The summed E-state index contributed by atoms with van der Waals surface area (Å²) in [5.74, 6) is -1.57. The summed E-state index contributed by atoms with van der Waals surface area (Å²) in [7, 11) is 0. The molecule has 0 fully saturated rings. The van der Waals surface area contributed by atoms with Gasteiger partial charge in [0.25, 0.3) is 23.6 Å². The summed E-state index contributed by atoms with van der Waals surface area (Å²) >= 11 is 0. The zero-order chi connectivity index (χ0) is 21.7. The molecule has 7 heteroatoms. The molecule has 0 aliphatic carbocycles. The minimum Gasteiger partial charge on any atom is -0.380 e. The molecule has 0 aromatic heterocycles. The van der Waals surface area contributed by atoms with Crippen molar-refractivity contribution in [1.82, 2.24) is 9.80 Å². The van der Waals surface area contributed by atoms with Gasteiger partial charge in [0, 0.05) is 45.7 Å². The number of benzene rings is 2. The number of imide groups is 2. The Bertz CT molecular complexity index is 1030. The van der Waals surface area contributed by atoms with E-state index < -0.39 is 23.6 Å². The van der Waals surface area contributed by atoms with Gasteiger partial charge in [-0.15, -0.1) is 0 Å². The quantitative estimate of drug-likeness (QED) is 0.542. The highest BCUT2D eigenvalue weighted by molar-refractivity contribution is 6.33. The molecule has 0 spiro atoms. The Kier molecular flexibility index (Phi) is 4.94. The molecule has 4 rings (SSSR count). The maximum Gasteiger partial charge on any atom is 0.261 e. The van der Waals surface area contributed by atoms with Gasteiger partial charge in [0.05, 0.1) is 13.2 Å². The van der Waals surface area contributed by atoms with E-state index in [0.717, 1.165) is 4.90 Å². The van der Waals surface area contributed by atoms with Crippen molar-refractivity contribution in [3.8, 4) is 0 Å². The van der Waals surface area contributed by atoms with Crippen LogP contribution in [-0.4, -0.2) is 59.2 Å². The first-order valence-corrected chi connectivity index (χ1v) is 10.2. The molecular formula is C23H24N2O5. The van der Waals surface area contributed by atoms with Crippen molar-refractivity contribution in [3.05, 3.63) is 46.5 Å². The maximum absolute atomic E-state index is 13.2. The predicted molar refractivity (Wildman–Crippen MR) is 111 cm³/mol. The van der Waals surface area contributed by atoms with Crippen LogP contribution in [0, 0.1) is 5.92 Å². The van der Waals surface area contributed by atoms with Gasteiger partial charge in [0.15, 0.2) is 0 Å². The fourth-order valence-electron chi connectivity index (χ4n) is 4.11. The van der Waals surface area contributed by atoms with Gasteiger partial charge in [-0.1, -0.05) is 13.8 Å². The lowest BCUT2D eigenvalue weighted by Gasteiger charge is -2.35. The van der Waals surface area contributed by atoms with Crippen molar-refractivity contribution in [2.45, 2.75) is 33.7 Å². The Morgan fingerprint density at radius 3 is 1.60 bits per heavy atom. The number of hydrogen-bond donors (Lipinski definition) is 0. The predicted octanol–water partition coefficient (Wildman–Crippen LogP) is 3.11. The van der Waals surface area contributed by atoms with Gasteiger partial charge < -0.3 is 4.74 Å². The molecule has 1 unspecified atom stereocenters. The Balaban J connectivity index is 1.88. The van der Waals surface area contributed by atoms with E-state index in [2.05, 4.69) is 0 Å². The largest absolute Gasteiger partial charge is 0.380 e. The second-order valence-corrected chi connectivity index (χ2v) is 8.00. The van der Waals surface area contributed by atoms with Crippen LogP contribution < -0.4 is 0 Å². The summed E-state index contributed by atoms with van der Waals surface area (Å²) in [5, 5.41) is 0.796. The number of carbonyl (C=O) groups excluding carboxylic acids is 4. The van der Waals surface area contributed by atoms with E-state index in [4.69, 9.17) is 4.74 Å². The number of hydrogen-bond acceptors (Lipinski definition) is 5. The first-order valence-electron chi connectivity index (χ1n) is 10.2. The third-order valence-corrected chi connectivity index (χ3v) is 6.05. The first kappa shape index (κ1) is 20.2. The van der Waals surface area contributed by atoms with Crippen LogP contribution in [0.1, 0.15) is 69.1 Å². The zero-order valence-corrected chi connectivity index (χ0v) is 17.5. The third-order valence-electron chi connectivity index (χ3n) is 6.05. The molecule has 2 aromatic rings. The fraction of sp³-hybridized carbons (Fsp3) is 0.391. The van der Waals surface area contributed by atoms with Crippen molar-refractivity contribution in [1.29, 1.82) is 0 Å². The lowest BCUT2D eigenvalue weighted by molar-refractivity contribution is 0.0501. The van der Waals surface area contributed by atoms with Gasteiger partial charge in [0.2, 0.25) is 0 Å². The van der Waals surface area contributed by atoms with Gasteiger partial charge in [-0.3, -0.25) is 29.0 Å². The molecule has 2 aliphatic heterocycles. The highest BCUT2D eigenvalue weighted by Crippen LogP contribution is 2.38. The molecule has 2 aliphatic rings. The van der Waals surface area contributed by atoms with Crippen LogP contribution in [0.4, 0.5) is 0 Å². The van der Waals surface area contributed by atoms with Crippen molar-refractivity contribution < 1.29 is 23.9 Å². The Morgan fingerprint density at radius 2 is 1.20 bits per heavy atom. The maximum atomic E-state index is 13.2. The van der Waals surface area contributed by atoms with Crippen LogP contribution in [0.5, 0.6) is 0 Å². The molecular weight excluding hydrogens is 384 g/mol. The molecule has 1 atom stereocenters. The molecule has 30 heavy (non-hydrogen) atoms.